The van der Waals surface area contributed by atoms with E-state index in [2.05, 4.69) is 36.9 Å². The van der Waals surface area contributed by atoms with Crippen molar-refractivity contribution >= 4 is 18.3 Å². The lowest BCUT2D eigenvalue weighted by atomic mass is 9.93. The minimum absolute atomic E-state index is 0. The molecule has 0 saturated heterocycles. The van der Waals surface area contributed by atoms with Gasteiger partial charge in [0.15, 0.2) is 0 Å². The van der Waals surface area contributed by atoms with Crippen molar-refractivity contribution < 1.29 is 4.79 Å². The molecule has 0 aromatic heterocycles. The summed E-state index contributed by atoms with van der Waals surface area (Å²) in [5, 5.41) is 0. The quantitative estimate of drug-likeness (QED) is 0.899. The van der Waals surface area contributed by atoms with E-state index in [4.69, 9.17) is 5.73 Å². The van der Waals surface area contributed by atoms with Gasteiger partial charge in [-0.05, 0) is 36.6 Å². The van der Waals surface area contributed by atoms with Crippen LogP contribution in [0.2, 0.25) is 0 Å². The van der Waals surface area contributed by atoms with E-state index in [-0.39, 0.29) is 23.7 Å². The first kappa shape index (κ1) is 18.9. The number of fused-ring (bicyclic) bond motifs is 1. The van der Waals surface area contributed by atoms with E-state index in [9.17, 15) is 4.79 Å². The summed E-state index contributed by atoms with van der Waals surface area (Å²) in [6.07, 6.45) is 0.958. The summed E-state index contributed by atoms with van der Waals surface area (Å²) in [5.74, 6) is 0.208. The van der Waals surface area contributed by atoms with Crippen LogP contribution in [0.5, 0.6) is 0 Å². The number of hydrogen-bond acceptors (Lipinski definition) is 3. The summed E-state index contributed by atoms with van der Waals surface area (Å²) in [4.78, 5) is 16.5. The lowest BCUT2D eigenvalue weighted by Crippen LogP contribution is -2.44. The zero-order valence-corrected chi connectivity index (χ0v) is 14.7. The third kappa shape index (κ3) is 4.97. The van der Waals surface area contributed by atoms with Crippen molar-refractivity contribution in [2.45, 2.75) is 26.8 Å². The summed E-state index contributed by atoms with van der Waals surface area (Å²) in [7, 11) is 1.99. The molecule has 1 aliphatic heterocycles. The minimum atomic E-state index is 0. The fourth-order valence-electron chi connectivity index (χ4n) is 2.89. The molecule has 1 aromatic carbocycles. The predicted octanol–water partition coefficient (Wildman–Crippen LogP) is 1.91. The average Bonchev–Trinajstić information content (AvgIpc) is 2.46. The maximum atomic E-state index is 12.4. The topological polar surface area (TPSA) is 49.6 Å². The van der Waals surface area contributed by atoms with Crippen LogP contribution < -0.4 is 5.73 Å². The van der Waals surface area contributed by atoms with Crippen LogP contribution in [-0.2, 0) is 17.8 Å². The summed E-state index contributed by atoms with van der Waals surface area (Å²) in [5.41, 5.74) is 8.46. The Hall–Kier alpha value is -1.10. The molecule has 5 heteroatoms. The van der Waals surface area contributed by atoms with Gasteiger partial charge in [0, 0.05) is 19.6 Å². The highest BCUT2D eigenvalue weighted by Crippen LogP contribution is 2.19. The van der Waals surface area contributed by atoms with Gasteiger partial charge in [-0.3, -0.25) is 9.69 Å². The first-order chi connectivity index (χ1) is 9.91. The van der Waals surface area contributed by atoms with Gasteiger partial charge in [0.1, 0.15) is 0 Å². The number of hydrogen-bond donors (Lipinski definition) is 1. The molecule has 1 heterocycles. The van der Waals surface area contributed by atoms with Crippen molar-refractivity contribution in [3.05, 3.63) is 35.4 Å². The first-order valence-corrected chi connectivity index (χ1v) is 7.64. The normalized spacial score (nSPS) is 14.5. The maximum absolute atomic E-state index is 12.4. The van der Waals surface area contributed by atoms with Crippen LogP contribution in [0.4, 0.5) is 0 Å². The highest BCUT2D eigenvalue weighted by molar-refractivity contribution is 5.85. The SMILES string of the molecule is CN(CC(=O)N1CCc2ccccc2C1)CC(C)(C)CN.Cl. The Morgan fingerprint density at radius 1 is 1.32 bits per heavy atom. The van der Waals surface area contributed by atoms with Crippen molar-refractivity contribution in [1.82, 2.24) is 9.80 Å². The van der Waals surface area contributed by atoms with Gasteiger partial charge in [-0.1, -0.05) is 38.1 Å². The van der Waals surface area contributed by atoms with Crippen molar-refractivity contribution in [3.63, 3.8) is 0 Å². The van der Waals surface area contributed by atoms with Crippen LogP contribution >= 0.6 is 12.4 Å². The van der Waals surface area contributed by atoms with Gasteiger partial charge in [0.05, 0.1) is 6.54 Å². The van der Waals surface area contributed by atoms with Crippen LogP contribution in [0.15, 0.2) is 24.3 Å². The predicted molar refractivity (Wildman–Crippen MR) is 93.1 cm³/mol. The molecule has 0 unspecified atom stereocenters. The summed E-state index contributed by atoms with van der Waals surface area (Å²) in [6.45, 7) is 7.75. The molecule has 0 saturated carbocycles. The second-order valence-corrected chi connectivity index (χ2v) is 6.87. The smallest absolute Gasteiger partial charge is 0.237 e. The van der Waals surface area contributed by atoms with E-state index in [1.807, 2.05) is 18.0 Å². The molecule has 0 aliphatic carbocycles. The molecule has 0 radical (unpaired) electrons. The second kappa shape index (κ2) is 7.95. The van der Waals surface area contributed by atoms with E-state index in [0.29, 0.717) is 13.1 Å². The van der Waals surface area contributed by atoms with Crippen molar-refractivity contribution in [3.8, 4) is 0 Å². The van der Waals surface area contributed by atoms with E-state index in [1.165, 1.54) is 11.1 Å². The molecular formula is C17H28ClN3O. The molecule has 0 spiro atoms. The van der Waals surface area contributed by atoms with Crippen LogP contribution in [0.1, 0.15) is 25.0 Å². The van der Waals surface area contributed by atoms with Gasteiger partial charge in [-0.15, -0.1) is 12.4 Å². The number of likely N-dealkylation sites (N-methyl/N-ethyl adjacent to an activating group) is 1. The fourth-order valence-corrected chi connectivity index (χ4v) is 2.89. The first-order valence-electron chi connectivity index (χ1n) is 7.64. The Morgan fingerprint density at radius 3 is 2.59 bits per heavy atom. The number of benzene rings is 1. The molecule has 0 fully saturated rings. The molecule has 1 aliphatic rings. The zero-order chi connectivity index (χ0) is 15.5. The lowest BCUT2D eigenvalue weighted by Gasteiger charge is -2.32. The third-order valence-corrected chi connectivity index (χ3v) is 4.14. The van der Waals surface area contributed by atoms with E-state index >= 15 is 0 Å². The molecule has 124 valence electrons. The van der Waals surface area contributed by atoms with E-state index in [1.54, 1.807) is 0 Å². The van der Waals surface area contributed by atoms with E-state index in [0.717, 1.165) is 26.1 Å². The summed E-state index contributed by atoms with van der Waals surface area (Å²) >= 11 is 0. The highest BCUT2D eigenvalue weighted by atomic mass is 35.5. The summed E-state index contributed by atoms with van der Waals surface area (Å²) < 4.78 is 0. The Balaban J connectivity index is 0.00000242. The zero-order valence-electron chi connectivity index (χ0n) is 13.8. The Bertz CT molecular complexity index is 504. The molecule has 1 aromatic rings. The molecule has 0 atom stereocenters. The number of carbonyl (C=O) groups excluding carboxylic acids is 1. The van der Waals surface area contributed by atoms with Gasteiger partial charge in [-0.2, -0.15) is 0 Å². The van der Waals surface area contributed by atoms with Gasteiger partial charge < -0.3 is 10.6 Å². The van der Waals surface area contributed by atoms with Crippen molar-refractivity contribution in [2.24, 2.45) is 11.1 Å². The number of amides is 1. The second-order valence-electron chi connectivity index (χ2n) is 6.87. The van der Waals surface area contributed by atoms with E-state index < -0.39 is 0 Å². The third-order valence-electron chi connectivity index (χ3n) is 4.14. The highest BCUT2D eigenvalue weighted by Gasteiger charge is 2.23. The van der Waals surface area contributed by atoms with Crippen LogP contribution in [-0.4, -0.2) is 48.9 Å². The van der Waals surface area contributed by atoms with Gasteiger partial charge in [0.25, 0.3) is 0 Å². The van der Waals surface area contributed by atoms with Gasteiger partial charge in [0.2, 0.25) is 5.91 Å². The molecular weight excluding hydrogens is 298 g/mol. The molecule has 1 amide bonds. The number of halogens is 1. The molecule has 2 rings (SSSR count). The standard InChI is InChI=1S/C17H27N3O.ClH/c1-17(2,12-18)13-19(3)11-16(21)20-9-8-14-6-4-5-7-15(14)10-20;/h4-7H,8-13,18H2,1-3H3;1H. The Morgan fingerprint density at radius 2 is 1.95 bits per heavy atom. The average molecular weight is 326 g/mol. The number of carbonyl (C=O) groups is 1. The number of nitrogens with two attached hydrogens (primary N) is 1. The fraction of sp³-hybridized carbons (Fsp3) is 0.588. The van der Waals surface area contributed by atoms with Crippen molar-refractivity contribution in [2.75, 3.05) is 33.2 Å². The molecule has 2 N–H and O–H groups in total. The summed E-state index contributed by atoms with van der Waals surface area (Å²) in [6, 6.07) is 8.39. The van der Waals surface area contributed by atoms with Gasteiger partial charge in [-0.25, -0.2) is 0 Å². The largest absolute Gasteiger partial charge is 0.337 e. The van der Waals surface area contributed by atoms with Crippen molar-refractivity contribution in [1.29, 1.82) is 0 Å². The molecule has 4 nitrogen and oxygen atoms in total. The minimum Gasteiger partial charge on any atom is -0.337 e. The Kier molecular flexibility index (Phi) is 6.85. The number of rotatable bonds is 5. The lowest BCUT2D eigenvalue weighted by molar-refractivity contribution is -0.133. The monoisotopic (exact) mass is 325 g/mol. The Labute approximate surface area is 140 Å². The van der Waals surface area contributed by atoms with Crippen LogP contribution in [0.3, 0.4) is 0 Å². The molecule has 22 heavy (non-hydrogen) atoms. The van der Waals surface area contributed by atoms with Crippen LogP contribution in [0.25, 0.3) is 0 Å². The van der Waals surface area contributed by atoms with Gasteiger partial charge >= 0.3 is 0 Å². The van der Waals surface area contributed by atoms with Crippen LogP contribution in [0, 0.1) is 5.41 Å². The maximum Gasteiger partial charge on any atom is 0.237 e. The molecule has 0 bridgehead atoms. The number of nitrogens with zero attached hydrogens (tertiary/aromatic N) is 2.